The van der Waals surface area contributed by atoms with Gasteiger partial charge in [-0.15, -0.1) is 0 Å². The molecule has 3 N–H and O–H groups in total. The molecule has 0 aliphatic rings. The first-order valence-electron chi connectivity index (χ1n) is 5.79. The average Bonchev–Trinajstić information content (AvgIpc) is 2.28. The highest BCUT2D eigenvalue weighted by Gasteiger charge is 2.27. The number of rotatable bonds is 6. The van der Waals surface area contributed by atoms with Crippen LogP contribution in [0.15, 0.2) is 18.2 Å². The van der Waals surface area contributed by atoms with Crippen molar-refractivity contribution < 1.29 is 26.7 Å². The zero-order chi connectivity index (χ0) is 16.4. The average molecular weight is 336 g/mol. The molecule has 0 saturated heterocycles. The standard InChI is InChI=1S/C11H16N2O6S2/c1-3-13(21(18,19)7-20(2,16)17)10-5-4-8(11(14)15)6-9(10)12/h4-6H,3,7,12H2,1-2H3,(H,14,15). The van der Waals surface area contributed by atoms with Crippen molar-refractivity contribution in [2.75, 3.05) is 27.9 Å². The summed E-state index contributed by atoms with van der Waals surface area (Å²) in [6.45, 7) is 1.48. The molecule has 0 radical (unpaired) electrons. The van der Waals surface area contributed by atoms with Crippen LogP contribution >= 0.6 is 0 Å². The van der Waals surface area contributed by atoms with E-state index in [0.29, 0.717) is 0 Å². The lowest BCUT2D eigenvalue weighted by Crippen LogP contribution is -2.35. The van der Waals surface area contributed by atoms with Gasteiger partial charge in [-0.1, -0.05) is 0 Å². The fourth-order valence-corrected chi connectivity index (χ4v) is 5.30. The number of nitrogens with two attached hydrogens (primary N) is 1. The number of carboxylic acids is 1. The summed E-state index contributed by atoms with van der Waals surface area (Å²) in [6.07, 6.45) is 0.815. The fourth-order valence-electron chi connectivity index (χ4n) is 1.77. The van der Waals surface area contributed by atoms with Crippen LogP contribution in [0.4, 0.5) is 11.4 Å². The van der Waals surface area contributed by atoms with Gasteiger partial charge in [-0.25, -0.2) is 21.6 Å². The van der Waals surface area contributed by atoms with E-state index < -0.39 is 30.9 Å². The highest BCUT2D eigenvalue weighted by molar-refractivity contribution is 8.08. The Bertz CT molecular complexity index is 755. The van der Waals surface area contributed by atoms with Crippen molar-refractivity contribution in [2.45, 2.75) is 6.92 Å². The second kappa shape index (κ2) is 5.90. The summed E-state index contributed by atoms with van der Waals surface area (Å²) < 4.78 is 47.5. The third-order valence-corrected chi connectivity index (χ3v) is 6.56. The van der Waals surface area contributed by atoms with E-state index in [2.05, 4.69) is 0 Å². The Kier molecular flexibility index (Phi) is 4.84. The number of hydrogen-bond acceptors (Lipinski definition) is 6. The molecular weight excluding hydrogens is 320 g/mol. The largest absolute Gasteiger partial charge is 0.478 e. The van der Waals surface area contributed by atoms with E-state index in [-0.39, 0.29) is 23.5 Å². The third-order valence-electron chi connectivity index (χ3n) is 2.53. The van der Waals surface area contributed by atoms with E-state index in [0.717, 1.165) is 16.6 Å². The number of anilines is 2. The number of nitrogen functional groups attached to an aromatic ring is 1. The van der Waals surface area contributed by atoms with Crippen LogP contribution in [0.25, 0.3) is 0 Å². The van der Waals surface area contributed by atoms with Crippen LogP contribution in [-0.4, -0.2) is 45.8 Å². The summed E-state index contributed by atoms with van der Waals surface area (Å²) in [5, 5.41) is 7.79. The third kappa shape index (κ3) is 4.33. The normalized spacial score (nSPS) is 12.1. The first-order chi connectivity index (χ1) is 9.48. The minimum atomic E-state index is -4.12. The minimum absolute atomic E-state index is 0.0333. The fraction of sp³-hybridized carbons (Fsp3) is 0.364. The molecule has 1 rings (SSSR count). The van der Waals surface area contributed by atoms with Crippen molar-refractivity contribution in [3.63, 3.8) is 0 Å². The second-order valence-electron chi connectivity index (χ2n) is 4.40. The topological polar surface area (TPSA) is 135 Å². The Balaban J connectivity index is 3.32. The number of hydrogen-bond donors (Lipinski definition) is 2. The first-order valence-corrected chi connectivity index (χ1v) is 9.46. The summed E-state index contributed by atoms with van der Waals surface area (Å²) in [5.41, 5.74) is 5.57. The van der Waals surface area contributed by atoms with Crippen molar-refractivity contribution in [2.24, 2.45) is 0 Å². The Morgan fingerprint density at radius 3 is 2.24 bits per heavy atom. The van der Waals surface area contributed by atoms with Crippen LogP contribution in [0.1, 0.15) is 17.3 Å². The Hall–Kier alpha value is -1.81. The highest BCUT2D eigenvalue weighted by Crippen LogP contribution is 2.27. The molecule has 118 valence electrons. The number of aromatic carboxylic acids is 1. The van der Waals surface area contributed by atoms with Gasteiger partial charge in [0.25, 0.3) is 0 Å². The highest BCUT2D eigenvalue weighted by atomic mass is 32.3. The summed E-state index contributed by atoms with van der Waals surface area (Å²) in [6, 6.07) is 3.56. The second-order valence-corrected chi connectivity index (χ2v) is 8.80. The predicted molar refractivity (Wildman–Crippen MR) is 79.5 cm³/mol. The van der Waals surface area contributed by atoms with Crippen molar-refractivity contribution in [3.8, 4) is 0 Å². The van der Waals surface area contributed by atoms with Crippen LogP contribution < -0.4 is 10.0 Å². The molecule has 1 aromatic rings. The summed E-state index contributed by atoms with van der Waals surface area (Å²) in [7, 11) is -7.86. The van der Waals surface area contributed by atoms with Crippen LogP contribution in [0.5, 0.6) is 0 Å². The van der Waals surface area contributed by atoms with Gasteiger partial charge in [-0.05, 0) is 25.1 Å². The monoisotopic (exact) mass is 336 g/mol. The van der Waals surface area contributed by atoms with E-state index in [4.69, 9.17) is 10.8 Å². The first kappa shape index (κ1) is 17.2. The summed E-state index contributed by atoms with van der Waals surface area (Å²) in [5.74, 6) is -1.20. The number of sulfonamides is 1. The van der Waals surface area contributed by atoms with Gasteiger partial charge < -0.3 is 10.8 Å². The van der Waals surface area contributed by atoms with Gasteiger partial charge in [0.2, 0.25) is 10.0 Å². The molecule has 0 amide bonds. The molecule has 0 bridgehead atoms. The molecule has 8 nitrogen and oxygen atoms in total. The molecule has 1 aromatic carbocycles. The van der Waals surface area contributed by atoms with Crippen LogP contribution in [0, 0.1) is 0 Å². The Morgan fingerprint density at radius 1 is 1.29 bits per heavy atom. The molecule has 0 aliphatic heterocycles. The van der Waals surface area contributed by atoms with Crippen LogP contribution in [0.2, 0.25) is 0 Å². The predicted octanol–water partition coefficient (Wildman–Crippen LogP) is 0.125. The van der Waals surface area contributed by atoms with E-state index in [1.54, 1.807) is 0 Å². The molecule has 10 heteroatoms. The Labute approximate surface area is 123 Å². The maximum absolute atomic E-state index is 12.1. The zero-order valence-corrected chi connectivity index (χ0v) is 13.1. The molecule has 0 spiro atoms. The molecule has 21 heavy (non-hydrogen) atoms. The van der Waals surface area contributed by atoms with Crippen molar-refractivity contribution in [1.29, 1.82) is 0 Å². The molecule has 0 aliphatic carbocycles. The van der Waals surface area contributed by atoms with Gasteiger partial charge in [0.1, 0.15) is 0 Å². The molecular formula is C11H16N2O6S2. The van der Waals surface area contributed by atoms with Gasteiger partial charge >= 0.3 is 5.97 Å². The summed E-state index contributed by atoms with van der Waals surface area (Å²) >= 11 is 0. The number of nitrogens with zero attached hydrogens (tertiary/aromatic N) is 1. The van der Waals surface area contributed by atoms with Crippen LogP contribution in [-0.2, 0) is 19.9 Å². The lowest BCUT2D eigenvalue weighted by Gasteiger charge is -2.24. The van der Waals surface area contributed by atoms with Gasteiger partial charge in [-0.2, -0.15) is 0 Å². The Morgan fingerprint density at radius 2 is 1.86 bits per heavy atom. The van der Waals surface area contributed by atoms with Crippen LogP contribution in [0.3, 0.4) is 0 Å². The molecule has 0 atom stereocenters. The molecule has 0 fully saturated rings. The van der Waals surface area contributed by atoms with E-state index in [9.17, 15) is 21.6 Å². The van der Waals surface area contributed by atoms with Crippen molar-refractivity contribution in [1.82, 2.24) is 0 Å². The maximum atomic E-state index is 12.1. The zero-order valence-electron chi connectivity index (χ0n) is 11.5. The SMILES string of the molecule is CCN(c1ccc(C(=O)O)cc1N)S(=O)(=O)CS(C)(=O)=O. The van der Waals surface area contributed by atoms with Crippen molar-refractivity contribution >= 4 is 37.2 Å². The number of carboxylic acid groups (broad SMARTS) is 1. The van der Waals surface area contributed by atoms with Crippen molar-refractivity contribution in [3.05, 3.63) is 23.8 Å². The minimum Gasteiger partial charge on any atom is -0.478 e. The molecule has 0 heterocycles. The van der Waals surface area contributed by atoms with Gasteiger partial charge in [0.15, 0.2) is 14.9 Å². The smallest absolute Gasteiger partial charge is 0.335 e. The van der Waals surface area contributed by atoms with E-state index in [1.807, 2.05) is 0 Å². The molecule has 0 unspecified atom stereocenters. The van der Waals surface area contributed by atoms with Gasteiger partial charge in [0.05, 0.1) is 16.9 Å². The van der Waals surface area contributed by atoms with Gasteiger partial charge in [-0.3, -0.25) is 4.31 Å². The number of benzene rings is 1. The lowest BCUT2D eigenvalue weighted by atomic mass is 10.2. The maximum Gasteiger partial charge on any atom is 0.335 e. The summed E-state index contributed by atoms with van der Waals surface area (Å²) in [4.78, 5) is 10.8. The molecule has 0 saturated carbocycles. The lowest BCUT2D eigenvalue weighted by molar-refractivity contribution is 0.0697. The molecule has 0 aromatic heterocycles. The van der Waals surface area contributed by atoms with E-state index >= 15 is 0 Å². The number of sulfone groups is 1. The van der Waals surface area contributed by atoms with E-state index in [1.165, 1.54) is 19.1 Å². The number of carbonyl (C=O) groups is 1. The van der Waals surface area contributed by atoms with Gasteiger partial charge in [0, 0.05) is 12.8 Å². The quantitative estimate of drug-likeness (QED) is 0.705.